The molecule has 0 fully saturated rings. The molecule has 1 N–H and O–H groups in total. The Bertz CT molecular complexity index is 334. The van der Waals surface area contributed by atoms with Crippen LogP contribution in [0.4, 0.5) is 0 Å². The first kappa shape index (κ1) is 14.1. The molecular weight excluding hydrogens is 210 g/mol. The summed E-state index contributed by atoms with van der Waals surface area (Å²) in [6.45, 7) is 10.6. The third-order valence-corrected chi connectivity index (χ3v) is 2.73. The second kappa shape index (κ2) is 7.38. The lowest BCUT2D eigenvalue weighted by molar-refractivity contribution is 0.545. The van der Waals surface area contributed by atoms with Gasteiger partial charge in [-0.3, -0.25) is 0 Å². The lowest BCUT2D eigenvalue weighted by Gasteiger charge is -2.10. The van der Waals surface area contributed by atoms with Gasteiger partial charge in [-0.2, -0.15) is 0 Å². The Morgan fingerprint density at radius 1 is 1.35 bits per heavy atom. The second-order valence-corrected chi connectivity index (χ2v) is 5.04. The Morgan fingerprint density at radius 3 is 2.76 bits per heavy atom. The highest BCUT2D eigenvalue weighted by atomic mass is 14.9. The van der Waals surface area contributed by atoms with Gasteiger partial charge in [0.25, 0.3) is 0 Å². The van der Waals surface area contributed by atoms with E-state index < -0.39 is 0 Å². The van der Waals surface area contributed by atoms with Crippen LogP contribution in [-0.4, -0.2) is 16.5 Å². The van der Waals surface area contributed by atoms with Crippen molar-refractivity contribution in [2.75, 3.05) is 6.54 Å². The maximum Gasteiger partial charge on any atom is 0.128 e. The van der Waals surface area contributed by atoms with Crippen molar-refractivity contribution in [3.63, 3.8) is 0 Å². The topological polar surface area (TPSA) is 37.8 Å². The van der Waals surface area contributed by atoms with Crippen molar-refractivity contribution in [3.05, 3.63) is 23.3 Å². The molecule has 17 heavy (non-hydrogen) atoms. The lowest BCUT2D eigenvalue weighted by Crippen LogP contribution is -2.20. The zero-order valence-electron chi connectivity index (χ0n) is 11.6. The Kier molecular flexibility index (Phi) is 6.12. The molecule has 0 bridgehead atoms. The summed E-state index contributed by atoms with van der Waals surface area (Å²) in [5, 5.41) is 3.43. The van der Waals surface area contributed by atoms with Crippen LogP contribution in [0.1, 0.15) is 50.7 Å². The van der Waals surface area contributed by atoms with Crippen LogP contribution >= 0.6 is 0 Å². The third-order valence-electron chi connectivity index (χ3n) is 2.73. The molecule has 1 aromatic heterocycles. The quantitative estimate of drug-likeness (QED) is 0.789. The van der Waals surface area contributed by atoms with Crippen LogP contribution in [0.25, 0.3) is 0 Å². The summed E-state index contributed by atoms with van der Waals surface area (Å²) in [5.41, 5.74) is 2.33. The normalized spacial score (nSPS) is 11.1. The lowest BCUT2D eigenvalue weighted by atomic mass is 10.2. The van der Waals surface area contributed by atoms with Crippen molar-refractivity contribution in [2.45, 2.75) is 53.5 Å². The molecule has 1 rings (SSSR count). The van der Waals surface area contributed by atoms with Crippen molar-refractivity contribution >= 4 is 0 Å². The standard InChI is InChI=1S/C14H25N3/c1-5-6-7-14-16-9-12(4)13(17-14)10-15-8-11(2)3/h9,11,15H,5-8,10H2,1-4H3. The van der Waals surface area contributed by atoms with E-state index in [1.54, 1.807) is 0 Å². The van der Waals surface area contributed by atoms with Crippen LogP contribution < -0.4 is 5.32 Å². The first-order valence-corrected chi connectivity index (χ1v) is 6.65. The monoisotopic (exact) mass is 235 g/mol. The molecule has 0 aliphatic heterocycles. The van der Waals surface area contributed by atoms with Gasteiger partial charge in [0.05, 0.1) is 5.69 Å². The van der Waals surface area contributed by atoms with Gasteiger partial charge in [-0.05, 0) is 31.4 Å². The highest BCUT2D eigenvalue weighted by Crippen LogP contribution is 2.06. The largest absolute Gasteiger partial charge is 0.311 e. The molecule has 0 unspecified atom stereocenters. The smallest absolute Gasteiger partial charge is 0.128 e. The zero-order valence-corrected chi connectivity index (χ0v) is 11.6. The predicted octanol–water partition coefficient (Wildman–Crippen LogP) is 2.87. The molecule has 0 saturated carbocycles. The number of aromatic nitrogens is 2. The molecule has 0 amide bonds. The van der Waals surface area contributed by atoms with Gasteiger partial charge in [0.1, 0.15) is 5.82 Å². The fourth-order valence-corrected chi connectivity index (χ4v) is 1.63. The fraction of sp³-hybridized carbons (Fsp3) is 0.714. The van der Waals surface area contributed by atoms with Crippen LogP contribution in [0.5, 0.6) is 0 Å². The molecule has 0 spiro atoms. The van der Waals surface area contributed by atoms with E-state index in [1.165, 1.54) is 18.4 Å². The van der Waals surface area contributed by atoms with Crippen molar-refractivity contribution in [1.82, 2.24) is 15.3 Å². The summed E-state index contributed by atoms with van der Waals surface area (Å²) >= 11 is 0. The summed E-state index contributed by atoms with van der Waals surface area (Å²) in [6.07, 6.45) is 5.30. The van der Waals surface area contributed by atoms with Gasteiger partial charge in [-0.15, -0.1) is 0 Å². The highest BCUT2D eigenvalue weighted by Gasteiger charge is 2.04. The number of nitrogens with one attached hydrogen (secondary N) is 1. The third kappa shape index (κ3) is 5.26. The van der Waals surface area contributed by atoms with Gasteiger partial charge in [0, 0.05) is 19.2 Å². The molecule has 96 valence electrons. The van der Waals surface area contributed by atoms with E-state index in [2.05, 4.69) is 43.0 Å². The average Bonchev–Trinajstić information content (AvgIpc) is 2.29. The van der Waals surface area contributed by atoms with Crippen molar-refractivity contribution in [3.8, 4) is 0 Å². The van der Waals surface area contributed by atoms with Gasteiger partial charge in [-0.25, -0.2) is 9.97 Å². The van der Waals surface area contributed by atoms with Crippen LogP contribution in [0, 0.1) is 12.8 Å². The molecule has 1 aromatic rings. The minimum absolute atomic E-state index is 0.678. The van der Waals surface area contributed by atoms with Crippen LogP contribution in [0.3, 0.4) is 0 Å². The molecule has 1 heterocycles. The molecule has 0 atom stereocenters. The van der Waals surface area contributed by atoms with Gasteiger partial charge >= 0.3 is 0 Å². The zero-order chi connectivity index (χ0) is 12.7. The number of unbranched alkanes of at least 4 members (excludes halogenated alkanes) is 1. The number of rotatable bonds is 7. The van der Waals surface area contributed by atoms with Gasteiger partial charge in [0.15, 0.2) is 0 Å². The Balaban J connectivity index is 2.56. The molecule has 0 aromatic carbocycles. The number of hydrogen-bond acceptors (Lipinski definition) is 3. The molecular formula is C14H25N3. The van der Waals surface area contributed by atoms with Crippen LogP contribution in [-0.2, 0) is 13.0 Å². The van der Waals surface area contributed by atoms with E-state index in [-0.39, 0.29) is 0 Å². The van der Waals surface area contributed by atoms with Crippen LogP contribution in [0.2, 0.25) is 0 Å². The van der Waals surface area contributed by atoms with Crippen LogP contribution in [0.15, 0.2) is 6.20 Å². The highest BCUT2D eigenvalue weighted by molar-refractivity contribution is 5.15. The summed E-state index contributed by atoms with van der Waals surface area (Å²) in [4.78, 5) is 9.01. The van der Waals surface area contributed by atoms with E-state index in [0.29, 0.717) is 5.92 Å². The number of nitrogens with zero attached hydrogens (tertiary/aromatic N) is 2. The van der Waals surface area contributed by atoms with Crippen molar-refractivity contribution in [1.29, 1.82) is 0 Å². The summed E-state index contributed by atoms with van der Waals surface area (Å²) < 4.78 is 0. The Morgan fingerprint density at radius 2 is 2.12 bits per heavy atom. The molecule has 3 heteroatoms. The fourth-order valence-electron chi connectivity index (χ4n) is 1.63. The summed E-state index contributed by atoms with van der Waals surface area (Å²) in [5.74, 6) is 1.66. The maximum absolute atomic E-state index is 4.63. The number of hydrogen-bond donors (Lipinski definition) is 1. The van der Waals surface area contributed by atoms with E-state index in [4.69, 9.17) is 0 Å². The van der Waals surface area contributed by atoms with Gasteiger partial charge in [0.2, 0.25) is 0 Å². The summed E-state index contributed by atoms with van der Waals surface area (Å²) in [6, 6.07) is 0. The van der Waals surface area contributed by atoms with Gasteiger partial charge < -0.3 is 5.32 Å². The molecule has 0 radical (unpaired) electrons. The summed E-state index contributed by atoms with van der Waals surface area (Å²) in [7, 11) is 0. The van der Waals surface area contributed by atoms with E-state index >= 15 is 0 Å². The minimum Gasteiger partial charge on any atom is -0.311 e. The predicted molar refractivity (Wildman–Crippen MR) is 71.9 cm³/mol. The van der Waals surface area contributed by atoms with E-state index in [9.17, 15) is 0 Å². The first-order chi connectivity index (χ1) is 8.13. The maximum atomic E-state index is 4.63. The Labute approximate surface area is 105 Å². The molecule has 0 aliphatic rings. The van der Waals surface area contributed by atoms with Crippen molar-refractivity contribution < 1.29 is 0 Å². The first-order valence-electron chi connectivity index (χ1n) is 6.65. The minimum atomic E-state index is 0.678. The van der Waals surface area contributed by atoms with Crippen molar-refractivity contribution in [2.24, 2.45) is 5.92 Å². The van der Waals surface area contributed by atoms with E-state index in [0.717, 1.165) is 31.0 Å². The Hall–Kier alpha value is -0.960. The van der Waals surface area contributed by atoms with Gasteiger partial charge in [-0.1, -0.05) is 27.2 Å². The molecule has 3 nitrogen and oxygen atoms in total. The number of aryl methyl sites for hydroxylation is 2. The molecule has 0 aliphatic carbocycles. The molecule has 0 saturated heterocycles. The SMILES string of the molecule is CCCCc1ncc(C)c(CNCC(C)C)n1. The second-order valence-electron chi connectivity index (χ2n) is 5.04. The van der Waals surface area contributed by atoms with E-state index in [1.807, 2.05) is 6.20 Å². The average molecular weight is 235 g/mol.